The molecule has 1 N–H and O–H groups in total. The Hall–Kier alpha value is -1.47. The van der Waals surface area contributed by atoms with Crippen LogP contribution in [-0.4, -0.2) is 17.6 Å². The van der Waals surface area contributed by atoms with Crippen LogP contribution in [-0.2, 0) is 6.42 Å². The lowest BCUT2D eigenvalue weighted by Gasteiger charge is -2.31. The van der Waals surface area contributed by atoms with Crippen LogP contribution in [0, 0.1) is 3.57 Å². The number of carbonyl (C=O) groups excluding carboxylic acids is 1. The fourth-order valence-corrected chi connectivity index (χ4v) is 3.54. The molecule has 112 valence electrons. The molecule has 0 unspecified atom stereocenters. The van der Waals surface area contributed by atoms with Gasteiger partial charge in [-0.2, -0.15) is 0 Å². The highest BCUT2D eigenvalue weighted by atomic mass is 127. The van der Waals surface area contributed by atoms with E-state index in [1.807, 2.05) is 41.3 Å². The topological polar surface area (TPSA) is 32.3 Å². The number of aryl methyl sites for hydroxylation is 1. The Morgan fingerprint density at radius 3 is 2.68 bits per heavy atom. The Morgan fingerprint density at radius 2 is 1.86 bits per heavy atom. The predicted molar refractivity (Wildman–Crippen MR) is 101 cm³/mol. The molecule has 22 heavy (non-hydrogen) atoms. The Labute approximate surface area is 148 Å². The number of para-hydroxylation sites is 1. The number of anilines is 1. The van der Waals surface area contributed by atoms with E-state index < -0.39 is 0 Å². The zero-order chi connectivity index (χ0) is 15.5. The quantitative estimate of drug-likeness (QED) is 0.561. The van der Waals surface area contributed by atoms with Gasteiger partial charge in [0.05, 0.1) is 5.56 Å². The van der Waals surface area contributed by atoms with E-state index in [1.54, 1.807) is 0 Å². The Morgan fingerprint density at radius 1 is 1.14 bits per heavy atom. The van der Waals surface area contributed by atoms with E-state index in [9.17, 15) is 4.79 Å². The molecule has 0 spiro atoms. The number of fused-ring (bicyclic) bond motifs is 1. The zero-order valence-corrected chi connectivity index (χ0v) is 14.9. The minimum atomic E-state index is -0.155. The van der Waals surface area contributed by atoms with Gasteiger partial charge in [-0.3, -0.25) is 10.1 Å². The molecule has 1 heterocycles. The molecule has 0 saturated heterocycles. The van der Waals surface area contributed by atoms with E-state index in [-0.39, 0.29) is 5.91 Å². The van der Waals surface area contributed by atoms with Gasteiger partial charge in [0.25, 0.3) is 5.91 Å². The lowest BCUT2D eigenvalue weighted by Crippen LogP contribution is -2.45. The third-order valence-corrected chi connectivity index (χ3v) is 4.96. The van der Waals surface area contributed by atoms with E-state index >= 15 is 0 Å². The van der Waals surface area contributed by atoms with Crippen molar-refractivity contribution < 1.29 is 4.79 Å². The van der Waals surface area contributed by atoms with Crippen LogP contribution in [0.1, 0.15) is 22.3 Å². The zero-order valence-electron chi connectivity index (χ0n) is 11.9. The molecule has 0 aliphatic carbocycles. The molecule has 2 aromatic carbocycles. The lowest BCUT2D eigenvalue weighted by atomic mass is 10.0. The maximum atomic E-state index is 12.4. The number of amides is 1. The molecule has 0 aromatic heterocycles. The molecule has 0 saturated carbocycles. The van der Waals surface area contributed by atoms with E-state index in [4.69, 9.17) is 12.2 Å². The van der Waals surface area contributed by atoms with Crippen molar-refractivity contribution in [3.8, 4) is 0 Å². The van der Waals surface area contributed by atoms with Crippen molar-refractivity contribution in [1.82, 2.24) is 5.32 Å². The van der Waals surface area contributed by atoms with E-state index in [1.165, 1.54) is 5.56 Å². The SMILES string of the molecule is O=C(NC(=S)N1CCCc2ccccc21)c1ccccc1I. The normalized spacial score (nSPS) is 13.4. The molecule has 0 fully saturated rings. The summed E-state index contributed by atoms with van der Waals surface area (Å²) >= 11 is 7.62. The standard InChI is InChI=1S/C17H15IN2OS/c18-14-9-3-2-8-13(14)16(21)19-17(22)20-11-5-7-12-6-1-4-10-15(12)20/h1-4,6,8-10H,5,7,11H2,(H,19,21,22). The molecule has 3 nitrogen and oxygen atoms in total. The highest BCUT2D eigenvalue weighted by Gasteiger charge is 2.21. The first kappa shape index (κ1) is 15.4. The van der Waals surface area contributed by atoms with Gasteiger partial charge >= 0.3 is 0 Å². The number of thiocarbonyl (C=S) groups is 1. The summed E-state index contributed by atoms with van der Waals surface area (Å²) < 4.78 is 0.916. The summed E-state index contributed by atoms with van der Waals surface area (Å²) in [5.41, 5.74) is 3.03. The number of benzene rings is 2. The molecule has 1 amide bonds. The van der Waals surface area contributed by atoms with Gasteiger partial charge in [-0.1, -0.05) is 30.3 Å². The minimum absolute atomic E-state index is 0.155. The molecule has 1 aliphatic heterocycles. The first-order chi connectivity index (χ1) is 10.7. The Bertz CT molecular complexity index is 732. The summed E-state index contributed by atoms with van der Waals surface area (Å²) in [4.78, 5) is 14.4. The average Bonchev–Trinajstić information content (AvgIpc) is 2.54. The second-order valence-corrected chi connectivity index (χ2v) is 6.67. The third kappa shape index (κ3) is 3.15. The maximum absolute atomic E-state index is 12.4. The molecule has 0 radical (unpaired) electrons. The summed E-state index contributed by atoms with van der Waals surface area (Å²) in [6.45, 7) is 0.835. The van der Waals surface area contributed by atoms with Crippen molar-refractivity contribution in [2.45, 2.75) is 12.8 Å². The van der Waals surface area contributed by atoms with Gasteiger partial charge in [0.1, 0.15) is 0 Å². The third-order valence-electron chi connectivity index (χ3n) is 3.69. The minimum Gasteiger partial charge on any atom is -0.318 e. The van der Waals surface area contributed by atoms with Crippen molar-refractivity contribution >= 4 is 51.5 Å². The second-order valence-electron chi connectivity index (χ2n) is 5.12. The molecule has 1 aliphatic rings. The molecular weight excluding hydrogens is 407 g/mol. The van der Waals surface area contributed by atoms with Gasteiger partial charge in [-0.25, -0.2) is 0 Å². The number of nitrogens with zero attached hydrogens (tertiary/aromatic N) is 1. The molecule has 2 aromatic rings. The van der Waals surface area contributed by atoms with Crippen LogP contribution in [0.3, 0.4) is 0 Å². The van der Waals surface area contributed by atoms with Crippen molar-refractivity contribution in [3.63, 3.8) is 0 Å². The van der Waals surface area contributed by atoms with Crippen molar-refractivity contribution in [1.29, 1.82) is 0 Å². The van der Waals surface area contributed by atoms with Gasteiger partial charge in [-0.05, 0) is 71.4 Å². The number of nitrogens with one attached hydrogen (secondary N) is 1. The largest absolute Gasteiger partial charge is 0.318 e. The van der Waals surface area contributed by atoms with Crippen LogP contribution in [0.2, 0.25) is 0 Å². The lowest BCUT2D eigenvalue weighted by molar-refractivity contribution is 0.0976. The van der Waals surface area contributed by atoms with Gasteiger partial charge < -0.3 is 4.90 Å². The van der Waals surface area contributed by atoms with E-state index in [0.29, 0.717) is 10.7 Å². The first-order valence-electron chi connectivity index (χ1n) is 7.12. The van der Waals surface area contributed by atoms with Crippen molar-refractivity contribution in [3.05, 3.63) is 63.2 Å². The van der Waals surface area contributed by atoms with Gasteiger partial charge in [0, 0.05) is 15.8 Å². The summed E-state index contributed by atoms with van der Waals surface area (Å²) in [5.74, 6) is -0.155. The maximum Gasteiger partial charge on any atom is 0.258 e. The highest BCUT2D eigenvalue weighted by Crippen LogP contribution is 2.26. The Balaban J connectivity index is 1.79. The highest BCUT2D eigenvalue weighted by molar-refractivity contribution is 14.1. The smallest absolute Gasteiger partial charge is 0.258 e. The summed E-state index contributed by atoms with van der Waals surface area (Å²) in [6.07, 6.45) is 2.09. The van der Waals surface area contributed by atoms with Crippen LogP contribution in [0.5, 0.6) is 0 Å². The number of rotatable bonds is 1. The second kappa shape index (κ2) is 6.75. The van der Waals surface area contributed by atoms with Crippen LogP contribution in [0.25, 0.3) is 0 Å². The molecular formula is C17H15IN2OS. The summed E-state index contributed by atoms with van der Waals surface area (Å²) in [5, 5.41) is 3.33. The molecule has 5 heteroatoms. The van der Waals surface area contributed by atoms with Gasteiger partial charge in [-0.15, -0.1) is 0 Å². The van der Waals surface area contributed by atoms with Crippen LogP contribution < -0.4 is 10.2 Å². The van der Waals surface area contributed by atoms with E-state index in [0.717, 1.165) is 28.6 Å². The van der Waals surface area contributed by atoms with Crippen molar-refractivity contribution in [2.75, 3.05) is 11.4 Å². The molecule has 3 rings (SSSR count). The van der Waals surface area contributed by atoms with Crippen LogP contribution >= 0.6 is 34.8 Å². The average molecular weight is 422 g/mol. The van der Waals surface area contributed by atoms with Crippen LogP contribution in [0.4, 0.5) is 5.69 Å². The fraction of sp³-hybridized carbons (Fsp3) is 0.176. The number of hydrogen-bond donors (Lipinski definition) is 1. The number of carbonyl (C=O) groups is 1. The molecule has 0 bridgehead atoms. The van der Waals surface area contributed by atoms with Gasteiger partial charge in [0.2, 0.25) is 0 Å². The first-order valence-corrected chi connectivity index (χ1v) is 8.61. The van der Waals surface area contributed by atoms with Crippen molar-refractivity contribution in [2.24, 2.45) is 0 Å². The van der Waals surface area contributed by atoms with Crippen LogP contribution in [0.15, 0.2) is 48.5 Å². The fourth-order valence-electron chi connectivity index (χ4n) is 2.62. The van der Waals surface area contributed by atoms with Gasteiger partial charge in [0.15, 0.2) is 5.11 Å². The number of hydrogen-bond acceptors (Lipinski definition) is 2. The predicted octanol–water partition coefficient (Wildman–Crippen LogP) is 3.76. The monoisotopic (exact) mass is 422 g/mol. The summed E-state index contributed by atoms with van der Waals surface area (Å²) in [7, 11) is 0. The summed E-state index contributed by atoms with van der Waals surface area (Å²) in [6, 6.07) is 15.7. The molecule has 0 atom stereocenters. The number of halogens is 1. The Kier molecular flexibility index (Phi) is 4.73. The van der Waals surface area contributed by atoms with E-state index in [2.05, 4.69) is 40.0 Å².